The first-order valence-electron chi connectivity index (χ1n) is 8.62. The van der Waals surface area contributed by atoms with Crippen molar-refractivity contribution in [2.45, 2.75) is 39.2 Å². The van der Waals surface area contributed by atoms with Crippen molar-refractivity contribution in [1.29, 1.82) is 0 Å². The van der Waals surface area contributed by atoms with Gasteiger partial charge in [0.1, 0.15) is 0 Å². The van der Waals surface area contributed by atoms with Crippen LogP contribution in [0.2, 0.25) is 0 Å². The number of hydrogen-bond donors (Lipinski definition) is 2. The molecule has 0 unspecified atom stereocenters. The van der Waals surface area contributed by atoms with Gasteiger partial charge in [-0.2, -0.15) is 0 Å². The van der Waals surface area contributed by atoms with Gasteiger partial charge in [0, 0.05) is 30.9 Å². The summed E-state index contributed by atoms with van der Waals surface area (Å²) in [5.41, 5.74) is 0.411. The molecular formula is C18H28FN3O2. The monoisotopic (exact) mass is 337 g/mol. The number of rotatable bonds is 6. The summed E-state index contributed by atoms with van der Waals surface area (Å²) in [6.45, 7) is 7.18. The van der Waals surface area contributed by atoms with Crippen molar-refractivity contribution in [3.63, 3.8) is 0 Å². The number of piperidine rings is 1. The second-order valence-corrected chi connectivity index (χ2v) is 6.72. The number of carbonyl (C=O) groups is 1. The fourth-order valence-electron chi connectivity index (χ4n) is 3.13. The molecule has 1 heterocycles. The van der Waals surface area contributed by atoms with Crippen LogP contribution in [0.4, 0.5) is 14.9 Å². The fraction of sp³-hybridized carbons (Fsp3) is 0.611. The summed E-state index contributed by atoms with van der Waals surface area (Å²) in [6, 6.07) is 4.43. The number of ether oxygens (including phenoxy) is 1. The van der Waals surface area contributed by atoms with Gasteiger partial charge >= 0.3 is 6.03 Å². The molecule has 2 rings (SSSR count). The number of methoxy groups -OCH3 is 1. The summed E-state index contributed by atoms with van der Waals surface area (Å²) in [5.74, 6) is 0.278. The topological polar surface area (TPSA) is 53.6 Å². The van der Waals surface area contributed by atoms with E-state index < -0.39 is 5.82 Å². The van der Waals surface area contributed by atoms with Crippen molar-refractivity contribution >= 4 is 11.7 Å². The molecule has 0 saturated carbocycles. The largest absolute Gasteiger partial charge is 0.494 e. The average molecular weight is 337 g/mol. The fourth-order valence-corrected chi connectivity index (χ4v) is 3.13. The van der Waals surface area contributed by atoms with Gasteiger partial charge in [-0.25, -0.2) is 9.18 Å². The standard InChI is InChI=1S/C18H28FN3O2/c1-13(2)12-22-9-5-4-6-15(22)11-20-18(23)21-14-7-8-17(24-3)16(19)10-14/h7-8,10,13,15H,4-6,9,11-12H2,1-3H3,(H2,20,21,23)/t15-/m0/s1. The molecule has 0 radical (unpaired) electrons. The zero-order valence-corrected chi connectivity index (χ0v) is 14.8. The third-order valence-electron chi connectivity index (χ3n) is 4.26. The quantitative estimate of drug-likeness (QED) is 0.836. The van der Waals surface area contributed by atoms with Crippen molar-refractivity contribution in [1.82, 2.24) is 10.2 Å². The molecule has 1 aromatic rings. The second-order valence-electron chi connectivity index (χ2n) is 6.72. The zero-order valence-electron chi connectivity index (χ0n) is 14.8. The molecule has 1 aliphatic rings. The molecule has 1 aromatic carbocycles. The van der Waals surface area contributed by atoms with Gasteiger partial charge in [-0.1, -0.05) is 20.3 Å². The number of amides is 2. The molecule has 0 spiro atoms. The van der Waals surface area contributed by atoms with E-state index in [4.69, 9.17) is 4.74 Å². The van der Waals surface area contributed by atoms with E-state index in [1.165, 1.54) is 32.1 Å². The number of urea groups is 1. The van der Waals surface area contributed by atoms with Crippen LogP contribution in [0, 0.1) is 11.7 Å². The lowest BCUT2D eigenvalue weighted by atomic mass is 10.0. The molecule has 2 amide bonds. The number of hydrogen-bond acceptors (Lipinski definition) is 3. The van der Waals surface area contributed by atoms with Crippen molar-refractivity contribution in [2.24, 2.45) is 5.92 Å². The van der Waals surface area contributed by atoms with Gasteiger partial charge < -0.3 is 15.4 Å². The molecule has 24 heavy (non-hydrogen) atoms. The van der Waals surface area contributed by atoms with Crippen LogP contribution in [0.15, 0.2) is 18.2 Å². The smallest absolute Gasteiger partial charge is 0.319 e. The summed E-state index contributed by atoms with van der Waals surface area (Å²) in [5, 5.41) is 5.57. The number of halogens is 1. The Labute approximate surface area is 143 Å². The predicted molar refractivity (Wildman–Crippen MR) is 94.0 cm³/mol. The Morgan fingerprint density at radius 1 is 1.42 bits per heavy atom. The third kappa shape index (κ3) is 5.37. The molecule has 1 atom stereocenters. The first-order chi connectivity index (χ1) is 11.5. The Morgan fingerprint density at radius 2 is 2.21 bits per heavy atom. The molecule has 2 N–H and O–H groups in total. The minimum atomic E-state index is -0.495. The number of anilines is 1. The average Bonchev–Trinajstić information content (AvgIpc) is 2.54. The van der Waals surface area contributed by atoms with Gasteiger partial charge in [-0.05, 0) is 37.4 Å². The maximum absolute atomic E-state index is 13.6. The zero-order chi connectivity index (χ0) is 17.5. The summed E-state index contributed by atoms with van der Waals surface area (Å²) >= 11 is 0. The van der Waals surface area contributed by atoms with Gasteiger partial charge in [0.2, 0.25) is 0 Å². The van der Waals surface area contributed by atoms with Crippen LogP contribution in [0.1, 0.15) is 33.1 Å². The summed E-state index contributed by atoms with van der Waals surface area (Å²) in [4.78, 5) is 14.5. The lowest BCUT2D eigenvalue weighted by molar-refractivity contribution is 0.131. The maximum Gasteiger partial charge on any atom is 0.319 e. The molecule has 0 aromatic heterocycles. The highest BCUT2D eigenvalue weighted by Crippen LogP contribution is 2.21. The molecule has 5 nitrogen and oxygen atoms in total. The van der Waals surface area contributed by atoms with Gasteiger partial charge in [0.25, 0.3) is 0 Å². The highest BCUT2D eigenvalue weighted by atomic mass is 19.1. The lowest BCUT2D eigenvalue weighted by Crippen LogP contribution is -2.48. The molecule has 0 aliphatic carbocycles. The van der Waals surface area contributed by atoms with Crippen molar-refractivity contribution in [2.75, 3.05) is 32.1 Å². The number of nitrogens with zero attached hydrogens (tertiary/aromatic N) is 1. The first-order valence-corrected chi connectivity index (χ1v) is 8.62. The Balaban J connectivity index is 1.84. The van der Waals surface area contributed by atoms with Crippen LogP contribution in [-0.4, -0.2) is 43.7 Å². The third-order valence-corrected chi connectivity index (χ3v) is 4.26. The van der Waals surface area contributed by atoms with Crippen molar-refractivity contribution in [3.05, 3.63) is 24.0 Å². The molecule has 6 heteroatoms. The molecule has 0 bridgehead atoms. The van der Waals surface area contributed by atoms with E-state index in [-0.39, 0.29) is 11.8 Å². The Bertz CT molecular complexity index is 551. The summed E-state index contributed by atoms with van der Waals surface area (Å²) < 4.78 is 18.5. The van der Waals surface area contributed by atoms with Crippen molar-refractivity contribution < 1.29 is 13.9 Å². The lowest BCUT2D eigenvalue weighted by Gasteiger charge is -2.36. The molecule has 1 saturated heterocycles. The van der Waals surface area contributed by atoms with Crippen LogP contribution >= 0.6 is 0 Å². The van der Waals surface area contributed by atoms with E-state index in [0.717, 1.165) is 19.5 Å². The van der Waals surface area contributed by atoms with E-state index in [1.807, 2.05) is 0 Å². The predicted octanol–water partition coefficient (Wildman–Crippen LogP) is 3.47. The van der Waals surface area contributed by atoms with E-state index in [9.17, 15) is 9.18 Å². The number of nitrogens with one attached hydrogen (secondary N) is 2. The molecule has 134 valence electrons. The minimum Gasteiger partial charge on any atom is -0.494 e. The summed E-state index contributed by atoms with van der Waals surface area (Å²) in [7, 11) is 1.41. The number of carbonyl (C=O) groups excluding carboxylic acids is 1. The maximum atomic E-state index is 13.6. The van der Waals surface area contributed by atoms with Gasteiger partial charge in [0.05, 0.1) is 7.11 Å². The van der Waals surface area contributed by atoms with Gasteiger partial charge in [0.15, 0.2) is 11.6 Å². The SMILES string of the molecule is COc1ccc(NC(=O)NC[C@@H]2CCCCN2CC(C)C)cc1F. The van der Waals surface area contributed by atoms with Crippen LogP contribution in [-0.2, 0) is 0 Å². The molecule has 1 fully saturated rings. The Kier molecular flexibility index (Phi) is 6.85. The normalized spacial score (nSPS) is 18.5. The van der Waals surface area contributed by atoms with Gasteiger partial charge in [-0.15, -0.1) is 0 Å². The minimum absolute atomic E-state index is 0.160. The number of likely N-dealkylation sites (tertiary alicyclic amines) is 1. The van der Waals surface area contributed by atoms with E-state index in [2.05, 4.69) is 29.4 Å². The number of benzene rings is 1. The highest BCUT2D eigenvalue weighted by Gasteiger charge is 2.23. The van der Waals surface area contributed by atoms with Gasteiger partial charge in [-0.3, -0.25) is 4.90 Å². The highest BCUT2D eigenvalue weighted by molar-refractivity contribution is 5.89. The summed E-state index contributed by atoms with van der Waals surface area (Å²) in [6.07, 6.45) is 3.52. The van der Waals surface area contributed by atoms with Crippen LogP contribution in [0.5, 0.6) is 5.75 Å². The second kappa shape index (κ2) is 8.87. The molecular weight excluding hydrogens is 309 g/mol. The van der Waals surface area contributed by atoms with E-state index in [1.54, 1.807) is 6.07 Å². The van der Waals surface area contributed by atoms with Crippen LogP contribution < -0.4 is 15.4 Å². The van der Waals surface area contributed by atoms with Crippen LogP contribution in [0.3, 0.4) is 0 Å². The Morgan fingerprint density at radius 3 is 2.88 bits per heavy atom. The first kappa shape index (κ1) is 18.5. The Hall–Kier alpha value is -1.82. The van der Waals surface area contributed by atoms with Crippen molar-refractivity contribution in [3.8, 4) is 5.75 Å². The molecule has 1 aliphatic heterocycles. The van der Waals surface area contributed by atoms with E-state index in [0.29, 0.717) is 24.2 Å². The van der Waals surface area contributed by atoms with Crippen LogP contribution in [0.25, 0.3) is 0 Å². The van der Waals surface area contributed by atoms with E-state index >= 15 is 0 Å².